The Morgan fingerprint density at radius 1 is 1.14 bits per heavy atom. The van der Waals surface area contributed by atoms with Gasteiger partial charge in [-0.25, -0.2) is 4.68 Å². The molecule has 0 spiro atoms. The van der Waals surface area contributed by atoms with Crippen LogP contribution in [0.2, 0.25) is 0 Å². The van der Waals surface area contributed by atoms with Gasteiger partial charge in [0.25, 0.3) is 0 Å². The Morgan fingerprint density at radius 2 is 2.00 bits per heavy atom. The highest BCUT2D eigenvalue weighted by atomic mass is 32.1. The van der Waals surface area contributed by atoms with Crippen molar-refractivity contribution in [2.45, 2.75) is 19.9 Å². The number of benzene rings is 2. The Kier molecular flexibility index (Phi) is 5.48. The van der Waals surface area contributed by atoms with Crippen LogP contribution in [-0.2, 0) is 17.8 Å². The normalized spacial score (nSPS) is 11.0. The van der Waals surface area contributed by atoms with Crippen molar-refractivity contribution in [1.82, 2.24) is 25.2 Å². The summed E-state index contributed by atoms with van der Waals surface area (Å²) in [6.45, 7) is 2.90. The standard InChI is InChI=1S/C20H20N6O2S/c1-3-25(19(27)12-14-7-6-8-15(11-14)28-2)20-23-22-18(29-20)13-26-17-10-5-4-9-16(17)21-24-26/h4-11H,3,12-13H2,1-2H3. The summed E-state index contributed by atoms with van der Waals surface area (Å²) in [5.74, 6) is 0.700. The molecule has 0 saturated carbocycles. The molecule has 4 aromatic rings. The van der Waals surface area contributed by atoms with E-state index in [0.717, 1.165) is 27.4 Å². The Morgan fingerprint density at radius 3 is 2.83 bits per heavy atom. The van der Waals surface area contributed by atoms with Gasteiger partial charge >= 0.3 is 0 Å². The molecule has 2 aromatic carbocycles. The number of hydrogen-bond acceptors (Lipinski definition) is 7. The maximum absolute atomic E-state index is 12.8. The van der Waals surface area contributed by atoms with Crippen molar-refractivity contribution in [1.29, 1.82) is 0 Å². The third kappa shape index (κ3) is 4.09. The van der Waals surface area contributed by atoms with Crippen LogP contribution in [-0.4, -0.2) is 44.8 Å². The highest BCUT2D eigenvalue weighted by Crippen LogP contribution is 2.23. The number of methoxy groups -OCH3 is 1. The van der Waals surface area contributed by atoms with E-state index < -0.39 is 0 Å². The average Bonchev–Trinajstić information content (AvgIpc) is 3.37. The quantitative estimate of drug-likeness (QED) is 0.467. The van der Waals surface area contributed by atoms with Gasteiger partial charge in [-0.1, -0.05) is 40.8 Å². The lowest BCUT2D eigenvalue weighted by Crippen LogP contribution is -2.31. The summed E-state index contributed by atoms with van der Waals surface area (Å²) in [7, 11) is 1.61. The maximum Gasteiger partial charge on any atom is 0.233 e. The third-order valence-electron chi connectivity index (χ3n) is 4.50. The molecule has 0 bridgehead atoms. The zero-order valence-corrected chi connectivity index (χ0v) is 17.0. The van der Waals surface area contributed by atoms with Crippen molar-refractivity contribution in [2.24, 2.45) is 0 Å². The summed E-state index contributed by atoms with van der Waals surface area (Å²) in [4.78, 5) is 14.5. The summed E-state index contributed by atoms with van der Waals surface area (Å²) in [6, 6.07) is 15.3. The van der Waals surface area contributed by atoms with E-state index >= 15 is 0 Å². The van der Waals surface area contributed by atoms with Crippen LogP contribution in [0.1, 0.15) is 17.5 Å². The number of carbonyl (C=O) groups excluding carboxylic acids is 1. The average molecular weight is 408 g/mol. The van der Waals surface area contributed by atoms with Crippen LogP contribution in [0.4, 0.5) is 5.13 Å². The second-order valence-corrected chi connectivity index (χ2v) is 7.42. The minimum absolute atomic E-state index is 0.0327. The van der Waals surface area contributed by atoms with Gasteiger partial charge in [0.2, 0.25) is 11.0 Å². The third-order valence-corrected chi connectivity index (χ3v) is 5.43. The van der Waals surface area contributed by atoms with Gasteiger partial charge < -0.3 is 4.74 Å². The number of likely N-dealkylation sites (N-methyl/N-ethyl adjacent to an activating group) is 1. The topological polar surface area (TPSA) is 86.0 Å². The number of anilines is 1. The first-order valence-electron chi connectivity index (χ1n) is 9.22. The number of carbonyl (C=O) groups is 1. The van der Waals surface area contributed by atoms with Gasteiger partial charge in [-0.3, -0.25) is 9.69 Å². The molecule has 0 fully saturated rings. The lowest BCUT2D eigenvalue weighted by Gasteiger charge is -2.17. The molecule has 0 saturated heterocycles. The predicted octanol–water partition coefficient (Wildman–Crippen LogP) is 2.94. The van der Waals surface area contributed by atoms with Crippen LogP contribution in [0.5, 0.6) is 5.75 Å². The molecule has 0 aliphatic heterocycles. The van der Waals surface area contributed by atoms with E-state index in [0.29, 0.717) is 18.2 Å². The van der Waals surface area contributed by atoms with Crippen LogP contribution < -0.4 is 9.64 Å². The molecule has 2 aromatic heterocycles. The van der Waals surface area contributed by atoms with E-state index in [1.54, 1.807) is 16.7 Å². The second kappa shape index (κ2) is 8.36. The zero-order valence-electron chi connectivity index (χ0n) is 16.1. The molecule has 0 N–H and O–H groups in total. The number of nitrogens with zero attached hydrogens (tertiary/aromatic N) is 6. The van der Waals surface area contributed by atoms with Crippen LogP contribution in [0, 0.1) is 0 Å². The molecule has 0 radical (unpaired) electrons. The van der Waals surface area contributed by atoms with Crippen molar-refractivity contribution in [3.8, 4) is 5.75 Å². The van der Waals surface area contributed by atoms with E-state index in [4.69, 9.17) is 4.74 Å². The predicted molar refractivity (Wildman–Crippen MR) is 111 cm³/mol. The first-order chi connectivity index (χ1) is 14.2. The van der Waals surface area contributed by atoms with Crippen molar-refractivity contribution in [3.05, 3.63) is 59.1 Å². The minimum atomic E-state index is -0.0327. The highest BCUT2D eigenvalue weighted by molar-refractivity contribution is 7.15. The zero-order chi connectivity index (χ0) is 20.2. The first-order valence-corrected chi connectivity index (χ1v) is 10.0. The van der Waals surface area contributed by atoms with E-state index in [1.165, 1.54) is 11.3 Å². The number of amides is 1. The van der Waals surface area contributed by atoms with E-state index in [1.807, 2.05) is 55.5 Å². The van der Waals surface area contributed by atoms with Crippen LogP contribution in [0.3, 0.4) is 0 Å². The molecular weight excluding hydrogens is 388 g/mol. The van der Waals surface area contributed by atoms with E-state index in [-0.39, 0.29) is 12.3 Å². The number of rotatable bonds is 7. The molecule has 2 heterocycles. The van der Waals surface area contributed by atoms with Crippen molar-refractivity contribution >= 4 is 33.4 Å². The Labute approximate surface area is 171 Å². The summed E-state index contributed by atoms with van der Waals surface area (Å²) in [5.41, 5.74) is 2.67. The molecular formula is C20H20N6O2S. The summed E-state index contributed by atoms with van der Waals surface area (Å²) < 4.78 is 7.02. The molecule has 1 amide bonds. The number of hydrogen-bond donors (Lipinski definition) is 0. The van der Waals surface area contributed by atoms with Crippen molar-refractivity contribution in [3.63, 3.8) is 0 Å². The summed E-state index contributed by atoms with van der Waals surface area (Å²) >= 11 is 1.39. The summed E-state index contributed by atoms with van der Waals surface area (Å²) in [6.07, 6.45) is 0.271. The number of para-hydroxylation sites is 1. The number of ether oxygens (including phenoxy) is 1. The molecule has 8 nitrogen and oxygen atoms in total. The fourth-order valence-electron chi connectivity index (χ4n) is 3.05. The molecule has 148 valence electrons. The molecule has 0 unspecified atom stereocenters. The Hall–Kier alpha value is -3.33. The minimum Gasteiger partial charge on any atom is -0.497 e. The first kappa shape index (κ1) is 19.0. The Bertz CT molecular complexity index is 1140. The SMILES string of the molecule is CCN(C(=O)Cc1cccc(OC)c1)c1nnc(Cn2nnc3ccccc32)s1. The lowest BCUT2D eigenvalue weighted by atomic mass is 10.1. The fraction of sp³-hybridized carbons (Fsp3) is 0.250. The van der Waals surface area contributed by atoms with Crippen molar-refractivity contribution < 1.29 is 9.53 Å². The molecule has 9 heteroatoms. The van der Waals surface area contributed by atoms with Gasteiger partial charge in [0.15, 0.2) is 0 Å². The Balaban J connectivity index is 1.49. The van der Waals surface area contributed by atoms with Gasteiger partial charge in [-0.15, -0.1) is 15.3 Å². The highest BCUT2D eigenvalue weighted by Gasteiger charge is 2.19. The van der Waals surface area contributed by atoms with Crippen LogP contribution in [0.15, 0.2) is 48.5 Å². The lowest BCUT2D eigenvalue weighted by molar-refractivity contribution is -0.117. The number of aromatic nitrogens is 5. The largest absolute Gasteiger partial charge is 0.497 e. The van der Waals surface area contributed by atoms with Crippen molar-refractivity contribution in [2.75, 3.05) is 18.6 Å². The van der Waals surface area contributed by atoms with Gasteiger partial charge in [-0.05, 0) is 36.8 Å². The second-order valence-electron chi connectivity index (χ2n) is 6.38. The monoisotopic (exact) mass is 408 g/mol. The molecule has 0 atom stereocenters. The van der Waals surface area contributed by atoms with E-state index in [2.05, 4.69) is 20.5 Å². The fourth-order valence-corrected chi connectivity index (χ4v) is 3.95. The molecule has 0 aliphatic rings. The van der Waals surface area contributed by atoms with Gasteiger partial charge in [0.1, 0.15) is 16.3 Å². The van der Waals surface area contributed by atoms with Crippen LogP contribution >= 0.6 is 11.3 Å². The molecule has 4 rings (SSSR count). The van der Waals surface area contributed by atoms with Gasteiger partial charge in [0, 0.05) is 6.54 Å². The van der Waals surface area contributed by atoms with Gasteiger partial charge in [-0.2, -0.15) is 0 Å². The van der Waals surface area contributed by atoms with Crippen LogP contribution in [0.25, 0.3) is 11.0 Å². The number of fused-ring (bicyclic) bond motifs is 1. The maximum atomic E-state index is 12.8. The summed E-state index contributed by atoms with van der Waals surface area (Å²) in [5, 5.41) is 18.2. The molecule has 0 aliphatic carbocycles. The van der Waals surface area contributed by atoms with Gasteiger partial charge in [0.05, 0.1) is 25.6 Å². The van der Waals surface area contributed by atoms with E-state index in [9.17, 15) is 4.79 Å². The molecule has 29 heavy (non-hydrogen) atoms. The smallest absolute Gasteiger partial charge is 0.233 e.